The van der Waals surface area contributed by atoms with Crippen molar-refractivity contribution in [2.45, 2.75) is 0 Å². The minimum absolute atomic E-state index is 0.869. The summed E-state index contributed by atoms with van der Waals surface area (Å²) in [7, 11) is 0. The average molecular weight is 1930 g/mol. The molecule has 30 rings (SSSR count). The number of benzene rings is 25. The first kappa shape index (κ1) is 88.1. The molecule has 30 aromatic rings. The first-order chi connectivity index (χ1) is 74.5. The van der Waals surface area contributed by atoms with Gasteiger partial charge in [-0.2, -0.15) is 0 Å². The molecule has 0 radical (unpaired) electrons. The Balaban J connectivity index is 0.000000108. The highest BCUT2D eigenvalue weighted by molar-refractivity contribution is 7.25. The fourth-order valence-corrected chi connectivity index (χ4v) is 24.3. The second-order valence-electron chi connectivity index (χ2n) is 38.4. The Morgan fingerprint density at radius 1 is 0.160 bits per heavy atom. The van der Waals surface area contributed by atoms with Crippen LogP contribution < -0.4 is 14.7 Å². The summed E-state index contributed by atoms with van der Waals surface area (Å²) in [4.78, 5) is 7.30. The van der Waals surface area contributed by atoms with Gasteiger partial charge in [-0.15, -0.1) is 11.3 Å². The van der Waals surface area contributed by atoms with Gasteiger partial charge in [-0.25, -0.2) is 0 Å². The van der Waals surface area contributed by atoms with Gasteiger partial charge in [-0.1, -0.05) is 413 Å². The van der Waals surface area contributed by atoms with Gasteiger partial charge in [0.05, 0.1) is 55.8 Å². The van der Waals surface area contributed by atoms with Crippen LogP contribution in [0.25, 0.3) is 212 Å². The van der Waals surface area contributed by atoms with E-state index in [-0.39, 0.29) is 0 Å². The fraction of sp³-hybridized carbons (Fsp3) is 0. The van der Waals surface area contributed by atoms with Crippen LogP contribution >= 0.6 is 11.3 Å². The van der Waals surface area contributed by atoms with Crippen molar-refractivity contribution < 1.29 is 4.42 Å². The molecule has 0 aliphatic rings. The second-order valence-corrected chi connectivity index (χ2v) is 39.5. The molecule has 5 heterocycles. The van der Waals surface area contributed by atoms with Crippen molar-refractivity contribution in [3.63, 3.8) is 0 Å². The van der Waals surface area contributed by atoms with E-state index in [0.717, 1.165) is 95.7 Å². The summed E-state index contributed by atoms with van der Waals surface area (Å²) in [5, 5.41) is 22.2. The van der Waals surface area contributed by atoms with Crippen molar-refractivity contribution >= 4 is 213 Å². The predicted molar refractivity (Wildman–Crippen MR) is 638 cm³/mol. The molecule has 0 aliphatic heterocycles. The molecule has 8 heteroatoms. The lowest BCUT2D eigenvalue weighted by Crippen LogP contribution is -2.12. The van der Waals surface area contributed by atoms with Gasteiger partial charge in [-0.05, 0) is 218 Å². The summed E-state index contributed by atoms with van der Waals surface area (Å²) >= 11 is 1.86. The van der Waals surface area contributed by atoms with Crippen LogP contribution in [-0.4, -0.2) is 13.7 Å². The number of thiophene rings is 1. The first-order valence-corrected chi connectivity index (χ1v) is 52.1. The molecule has 0 atom stereocenters. The van der Waals surface area contributed by atoms with Crippen LogP contribution in [-0.2, 0) is 0 Å². The number of aromatic nitrogens is 3. The van der Waals surface area contributed by atoms with E-state index >= 15 is 0 Å². The summed E-state index contributed by atoms with van der Waals surface area (Å²) in [5.74, 6) is 0. The van der Waals surface area contributed by atoms with Gasteiger partial charge in [0.25, 0.3) is 0 Å². The average Bonchev–Trinajstić information content (AvgIpc) is 1.54. The van der Waals surface area contributed by atoms with Crippen molar-refractivity contribution in [2.24, 2.45) is 0 Å². The quantitative estimate of drug-likeness (QED) is 0.0966. The third kappa shape index (κ3) is 15.3. The number of furan rings is 1. The zero-order valence-electron chi connectivity index (χ0n) is 81.8. The molecule has 0 bridgehead atoms. The standard InChI is InChI=1S/C50H34N2.C46H30N2O.C46H30N2S/c1-3-14-35(15-4-1)36-26-30-40(31-27-36)51(41-32-28-38(29-33-41)43-24-13-17-37-16-7-8-20-42(37)43)48-34-49-50(45-22-10-9-21-44(45)48)46-23-11-12-25-47(46)52(49)39-18-5-2-6-19-39;1-3-13-31(14-4-1)32-23-25-34(26-24-32)47(35-27-28-38-37-18-10-12-22-44(37)49-45(38)29-35)42-30-43-46(39-19-8-7-17-36(39)42)40-20-9-11-21-41(40)48(43)33-15-5-2-6-16-33;1-3-15-31(16-4-1)34-19-9-12-24-40(34)48(33-27-28-37-36-21-11-14-26-44(36)49-45(37)29-33)42-30-43-46(38-22-8-7-20-35(38)42)39-23-10-13-25-41(39)47(43)32-17-5-2-6-18-32/h1-34H;2*1-30H. The molecular weight excluding hydrogens is 1840 g/mol. The third-order valence-corrected chi connectivity index (χ3v) is 31.0. The Morgan fingerprint density at radius 2 is 0.467 bits per heavy atom. The van der Waals surface area contributed by atoms with E-state index < -0.39 is 0 Å². The molecular formula is C142H94N6OS. The lowest BCUT2D eigenvalue weighted by molar-refractivity contribution is 0.669. The summed E-state index contributed by atoms with van der Waals surface area (Å²) in [6.07, 6.45) is 0. The summed E-state index contributed by atoms with van der Waals surface area (Å²) < 4.78 is 16.3. The minimum Gasteiger partial charge on any atom is -0.456 e. The molecule has 150 heavy (non-hydrogen) atoms. The second kappa shape index (κ2) is 37.5. The van der Waals surface area contributed by atoms with Gasteiger partial charge in [-0.3, -0.25) is 0 Å². The van der Waals surface area contributed by atoms with Gasteiger partial charge < -0.3 is 32.8 Å². The van der Waals surface area contributed by atoms with E-state index in [1.54, 1.807) is 0 Å². The largest absolute Gasteiger partial charge is 0.456 e. The SMILES string of the molecule is c1ccc(-c2ccc(N(c3ccc(-c4cccc5ccccc45)cc3)c3cc4c(c5ccccc35)c3ccccc3n4-c3ccccc3)cc2)cc1.c1ccc(-c2ccc(N(c3ccc4c(c3)oc3ccccc34)c3cc4c(c5ccccc35)c3ccccc3n4-c3ccccc3)cc2)cc1.c1ccc(-c2ccccc2N(c2ccc3c(c2)sc2ccccc23)c2cc3c(c4ccccc24)c2ccccc2n3-c2ccccc2)cc1. The highest BCUT2D eigenvalue weighted by Gasteiger charge is 2.29. The lowest BCUT2D eigenvalue weighted by Gasteiger charge is -2.29. The van der Waals surface area contributed by atoms with Gasteiger partial charge >= 0.3 is 0 Å². The molecule has 7 nitrogen and oxygen atoms in total. The van der Waals surface area contributed by atoms with Crippen LogP contribution in [0.2, 0.25) is 0 Å². The van der Waals surface area contributed by atoms with Crippen molar-refractivity contribution in [3.8, 4) is 61.6 Å². The Labute approximate surface area is 871 Å². The van der Waals surface area contributed by atoms with Crippen LogP contribution in [0.1, 0.15) is 0 Å². The van der Waals surface area contributed by atoms with Crippen molar-refractivity contribution in [1.29, 1.82) is 0 Å². The van der Waals surface area contributed by atoms with Gasteiger partial charge in [0, 0.05) is 137 Å². The topological polar surface area (TPSA) is 37.6 Å². The maximum Gasteiger partial charge on any atom is 0.137 e. The minimum atomic E-state index is 0.869. The highest BCUT2D eigenvalue weighted by Crippen LogP contribution is 2.54. The molecule has 704 valence electrons. The van der Waals surface area contributed by atoms with E-state index in [0.29, 0.717) is 0 Å². The third-order valence-electron chi connectivity index (χ3n) is 29.9. The lowest BCUT2D eigenvalue weighted by atomic mass is 9.97. The Bertz CT molecular complexity index is 10400. The molecule has 0 N–H and O–H groups in total. The van der Waals surface area contributed by atoms with Crippen LogP contribution in [0.5, 0.6) is 0 Å². The zero-order chi connectivity index (χ0) is 99.1. The highest BCUT2D eigenvalue weighted by atomic mass is 32.1. The van der Waals surface area contributed by atoms with Crippen LogP contribution in [0.15, 0.2) is 575 Å². The van der Waals surface area contributed by atoms with Crippen LogP contribution in [0.3, 0.4) is 0 Å². The van der Waals surface area contributed by atoms with Gasteiger partial charge in [0.15, 0.2) is 0 Å². The molecule has 25 aromatic carbocycles. The number of fused-ring (bicyclic) bond motifs is 22. The molecule has 0 amide bonds. The normalized spacial score (nSPS) is 11.6. The number of hydrogen-bond donors (Lipinski definition) is 0. The van der Waals surface area contributed by atoms with E-state index in [2.05, 4.69) is 587 Å². The Kier molecular flexibility index (Phi) is 22.0. The molecule has 0 fully saturated rings. The molecule has 5 aromatic heterocycles. The fourth-order valence-electron chi connectivity index (χ4n) is 23.2. The maximum atomic E-state index is 6.44. The van der Waals surface area contributed by atoms with E-state index in [1.807, 2.05) is 23.5 Å². The monoisotopic (exact) mass is 1930 g/mol. The van der Waals surface area contributed by atoms with Crippen molar-refractivity contribution in [2.75, 3.05) is 14.7 Å². The van der Waals surface area contributed by atoms with Crippen molar-refractivity contribution in [1.82, 2.24) is 13.7 Å². The predicted octanol–water partition coefficient (Wildman–Crippen LogP) is 40.3. The number of nitrogens with zero attached hydrogens (tertiary/aromatic N) is 6. The smallest absolute Gasteiger partial charge is 0.137 e. The first-order valence-electron chi connectivity index (χ1n) is 51.2. The molecule has 0 unspecified atom stereocenters. The van der Waals surface area contributed by atoms with Gasteiger partial charge in [0.2, 0.25) is 0 Å². The van der Waals surface area contributed by atoms with E-state index in [1.165, 1.54) is 168 Å². The number of hydrogen-bond acceptors (Lipinski definition) is 5. The molecule has 0 spiro atoms. The summed E-state index contributed by atoms with van der Waals surface area (Å²) in [5.41, 5.74) is 31.9. The van der Waals surface area contributed by atoms with Crippen LogP contribution in [0.4, 0.5) is 51.2 Å². The number of para-hydroxylation sites is 8. The van der Waals surface area contributed by atoms with Gasteiger partial charge in [0.1, 0.15) is 11.2 Å². The summed E-state index contributed by atoms with van der Waals surface area (Å²) in [6, 6.07) is 206. The van der Waals surface area contributed by atoms with E-state index in [9.17, 15) is 0 Å². The Hall–Kier alpha value is -19.6. The molecule has 0 saturated heterocycles. The molecule has 0 aliphatic carbocycles. The molecule has 0 saturated carbocycles. The number of rotatable bonds is 16. The summed E-state index contributed by atoms with van der Waals surface area (Å²) in [6.45, 7) is 0. The van der Waals surface area contributed by atoms with E-state index in [4.69, 9.17) is 4.42 Å². The Morgan fingerprint density at radius 3 is 0.947 bits per heavy atom. The maximum absolute atomic E-state index is 6.44. The van der Waals surface area contributed by atoms with Crippen LogP contribution in [0, 0.1) is 0 Å². The number of anilines is 9. The van der Waals surface area contributed by atoms with Crippen molar-refractivity contribution in [3.05, 3.63) is 570 Å². The zero-order valence-corrected chi connectivity index (χ0v) is 82.6.